The predicted molar refractivity (Wildman–Crippen MR) is 173 cm³/mol. The van der Waals surface area contributed by atoms with Crippen molar-refractivity contribution < 1.29 is 48.4 Å². The van der Waals surface area contributed by atoms with Crippen molar-refractivity contribution >= 4 is 35.7 Å². The van der Waals surface area contributed by atoms with Crippen molar-refractivity contribution in [3.8, 4) is 5.75 Å². The monoisotopic (exact) mass is 655 g/mol. The maximum Gasteiger partial charge on any atom is 0.413 e. The van der Waals surface area contributed by atoms with E-state index >= 15 is 0 Å². The first-order chi connectivity index (χ1) is 21.5. The quantitative estimate of drug-likeness (QED) is 0.101. The standard InChI is InChI=1S/C34H45N3O10/c1-32(2,3)45-26(39)18-24(30(43)46-33(4,5)6)36-28(40)22-11-10-12-23(29(41)42)21(22)15-13-19-17-20(14-16-25(19)38)27(35)37-31(44)47-34(7,8)9/h10-12,14,16-17,24,38H,13,15,18H2,1-9H3,(H,36,40)(H,41,42)(H2,35,37,44)/t24-/m0/s1. The van der Waals surface area contributed by atoms with Crippen LogP contribution in [-0.4, -0.2) is 68.8 Å². The van der Waals surface area contributed by atoms with E-state index in [-0.39, 0.29) is 46.7 Å². The van der Waals surface area contributed by atoms with Gasteiger partial charge in [-0.1, -0.05) is 6.07 Å². The molecular formula is C34H45N3O10. The van der Waals surface area contributed by atoms with Crippen LogP contribution in [0.3, 0.4) is 0 Å². The Kier molecular flexibility index (Phi) is 12.3. The average molecular weight is 656 g/mol. The van der Waals surface area contributed by atoms with Gasteiger partial charge in [-0.05, 0) is 117 Å². The van der Waals surface area contributed by atoms with Gasteiger partial charge < -0.3 is 29.7 Å². The average Bonchev–Trinajstić information content (AvgIpc) is 2.88. The molecule has 0 aromatic heterocycles. The Hall–Kier alpha value is -4.94. The number of amidine groups is 1. The number of nitrogens with one attached hydrogen (secondary N) is 3. The number of alkyl carbamates (subject to hydrolysis) is 1. The van der Waals surface area contributed by atoms with Crippen molar-refractivity contribution in [3.05, 3.63) is 64.2 Å². The number of hydrogen-bond donors (Lipinski definition) is 5. The van der Waals surface area contributed by atoms with Crippen LogP contribution >= 0.6 is 0 Å². The fraction of sp³-hybridized carbons (Fsp3) is 0.471. The van der Waals surface area contributed by atoms with E-state index in [0.29, 0.717) is 5.56 Å². The molecule has 0 aliphatic rings. The fourth-order valence-electron chi connectivity index (χ4n) is 4.30. The summed E-state index contributed by atoms with van der Waals surface area (Å²) in [5, 5.41) is 33.6. The normalized spacial score (nSPS) is 12.4. The third kappa shape index (κ3) is 12.8. The molecule has 13 heteroatoms. The summed E-state index contributed by atoms with van der Waals surface area (Å²) >= 11 is 0. The van der Waals surface area contributed by atoms with E-state index in [9.17, 15) is 34.2 Å². The number of esters is 2. The van der Waals surface area contributed by atoms with Crippen LogP contribution in [-0.2, 0) is 36.6 Å². The Morgan fingerprint density at radius 2 is 1.38 bits per heavy atom. The number of ether oxygens (including phenoxy) is 3. The lowest BCUT2D eigenvalue weighted by atomic mass is 9.93. The Labute approximate surface area is 274 Å². The molecule has 256 valence electrons. The van der Waals surface area contributed by atoms with Crippen LogP contribution in [0.25, 0.3) is 0 Å². The van der Waals surface area contributed by atoms with E-state index in [0.717, 1.165) is 0 Å². The van der Waals surface area contributed by atoms with E-state index in [1.807, 2.05) is 0 Å². The summed E-state index contributed by atoms with van der Waals surface area (Å²) in [7, 11) is 0. The third-order valence-corrected chi connectivity index (χ3v) is 6.08. The second kappa shape index (κ2) is 15.1. The van der Waals surface area contributed by atoms with Gasteiger partial charge in [0.1, 0.15) is 34.4 Å². The lowest BCUT2D eigenvalue weighted by Gasteiger charge is -2.26. The molecule has 13 nitrogen and oxygen atoms in total. The van der Waals surface area contributed by atoms with Gasteiger partial charge in [-0.2, -0.15) is 0 Å². The van der Waals surface area contributed by atoms with Crippen molar-refractivity contribution in [1.29, 1.82) is 5.41 Å². The highest BCUT2D eigenvalue weighted by atomic mass is 16.6. The van der Waals surface area contributed by atoms with Crippen LogP contribution in [0.4, 0.5) is 4.79 Å². The summed E-state index contributed by atoms with van der Waals surface area (Å²) in [4.78, 5) is 63.6. The number of aryl methyl sites for hydroxylation is 1. The van der Waals surface area contributed by atoms with E-state index in [2.05, 4.69) is 10.6 Å². The number of phenols is 1. The van der Waals surface area contributed by atoms with Crippen molar-refractivity contribution in [1.82, 2.24) is 10.6 Å². The number of carboxylic acid groups (broad SMARTS) is 1. The fourth-order valence-corrected chi connectivity index (χ4v) is 4.30. The highest BCUT2D eigenvalue weighted by Gasteiger charge is 2.32. The van der Waals surface area contributed by atoms with Gasteiger partial charge in [-0.25, -0.2) is 14.4 Å². The topological polar surface area (TPSA) is 201 Å². The second-order valence-electron chi connectivity index (χ2n) is 13.8. The first kappa shape index (κ1) is 38.2. The molecule has 0 radical (unpaired) electrons. The number of carbonyl (C=O) groups excluding carboxylic acids is 4. The van der Waals surface area contributed by atoms with E-state index < -0.39 is 59.2 Å². The molecule has 0 bridgehead atoms. The minimum atomic E-state index is -1.44. The molecule has 2 aromatic rings. The SMILES string of the molecule is CC(C)(C)OC(=O)C[C@H](NC(=O)c1cccc(C(=O)O)c1CCc1cc(C(=N)NC(=O)OC(C)(C)C)ccc1O)C(=O)OC(C)(C)C. The first-order valence-corrected chi connectivity index (χ1v) is 15.0. The number of phenolic OH excluding ortho intramolecular Hbond substituents is 1. The van der Waals surface area contributed by atoms with Gasteiger partial charge in [0.05, 0.1) is 12.0 Å². The lowest BCUT2D eigenvalue weighted by Crippen LogP contribution is -2.46. The minimum Gasteiger partial charge on any atom is -0.508 e. The zero-order valence-corrected chi connectivity index (χ0v) is 28.3. The molecule has 0 saturated carbocycles. The number of carboxylic acids is 1. The van der Waals surface area contributed by atoms with Crippen molar-refractivity contribution in [3.63, 3.8) is 0 Å². The summed E-state index contributed by atoms with van der Waals surface area (Å²) in [5.41, 5.74) is -2.17. The Bertz CT molecular complexity index is 1530. The molecule has 0 heterocycles. The summed E-state index contributed by atoms with van der Waals surface area (Å²) in [6.45, 7) is 14.9. The van der Waals surface area contributed by atoms with Crippen molar-refractivity contribution in [2.45, 2.75) is 104 Å². The number of hydrogen-bond acceptors (Lipinski definition) is 10. The van der Waals surface area contributed by atoms with Crippen LogP contribution in [0.1, 0.15) is 106 Å². The number of carbonyl (C=O) groups is 5. The summed E-state index contributed by atoms with van der Waals surface area (Å²) in [5.74, 6) is -4.21. The lowest BCUT2D eigenvalue weighted by molar-refractivity contribution is -0.164. The molecule has 5 N–H and O–H groups in total. The predicted octanol–water partition coefficient (Wildman–Crippen LogP) is 4.90. The summed E-state index contributed by atoms with van der Waals surface area (Å²) in [6.07, 6.45) is -1.40. The highest BCUT2D eigenvalue weighted by Crippen LogP contribution is 2.24. The van der Waals surface area contributed by atoms with Gasteiger partial charge in [0, 0.05) is 11.1 Å². The van der Waals surface area contributed by atoms with Gasteiger partial charge in [0.15, 0.2) is 0 Å². The molecular weight excluding hydrogens is 610 g/mol. The molecule has 0 saturated heterocycles. The van der Waals surface area contributed by atoms with Gasteiger partial charge in [-0.15, -0.1) is 0 Å². The highest BCUT2D eigenvalue weighted by molar-refractivity contribution is 6.05. The number of aromatic carboxylic acids is 1. The summed E-state index contributed by atoms with van der Waals surface area (Å²) in [6, 6.07) is 6.84. The van der Waals surface area contributed by atoms with E-state index in [4.69, 9.17) is 19.6 Å². The number of aromatic hydroxyl groups is 1. The first-order valence-electron chi connectivity index (χ1n) is 15.0. The molecule has 0 spiro atoms. The maximum atomic E-state index is 13.6. The molecule has 0 unspecified atom stereocenters. The van der Waals surface area contributed by atoms with Crippen LogP contribution in [0.5, 0.6) is 5.75 Å². The molecule has 0 aliphatic heterocycles. The zero-order chi connectivity index (χ0) is 35.9. The molecule has 2 aromatic carbocycles. The summed E-state index contributed by atoms with van der Waals surface area (Å²) < 4.78 is 15.9. The maximum absolute atomic E-state index is 13.6. The van der Waals surface area contributed by atoms with Gasteiger partial charge in [0.25, 0.3) is 5.91 Å². The number of benzene rings is 2. The molecule has 2 rings (SSSR count). The Morgan fingerprint density at radius 3 is 1.94 bits per heavy atom. The smallest absolute Gasteiger partial charge is 0.413 e. The molecule has 2 amide bonds. The largest absolute Gasteiger partial charge is 0.508 e. The van der Waals surface area contributed by atoms with E-state index in [1.54, 1.807) is 62.3 Å². The number of rotatable bonds is 10. The minimum absolute atomic E-state index is 0.0252. The van der Waals surface area contributed by atoms with Crippen molar-refractivity contribution in [2.24, 2.45) is 0 Å². The molecule has 1 atom stereocenters. The van der Waals surface area contributed by atoms with Crippen LogP contribution < -0.4 is 10.6 Å². The van der Waals surface area contributed by atoms with Gasteiger partial charge in [0.2, 0.25) is 0 Å². The second-order valence-corrected chi connectivity index (χ2v) is 13.8. The van der Waals surface area contributed by atoms with Gasteiger partial charge >= 0.3 is 24.0 Å². The zero-order valence-electron chi connectivity index (χ0n) is 28.3. The van der Waals surface area contributed by atoms with Gasteiger partial charge in [-0.3, -0.25) is 20.3 Å². The van der Waals surface area contributed by atoms with E-state index in [1.165, 1.54) is 36.4 Å². The number of amides is 2. The molecule has 0 aliphatic carbocycles. The molecule has 47 heavy (non-hydrogen) atoms. The Morgan fingerprint density at radius 1 is 0.809 bits per heavy atom. The van der Waals surface area contributed by atoms with Crippen LogP contribution in [0, 0.1) is 5.41 Å². The molecule has 0 fully saturated rings. The van der Waals surface area contributed by atoms with Crippen molar-refractivity contribution in [2.75, 3.05) is 0 Å². The Balaban J connectivity index is 2.40. The third-order valence-electron chi connectivity index (χ3n) is 6.08. The van der Waals surface area contributed by atoms with Crippen LogP contribution in [0.15, 0.2) is 36.4 Å². The van der Waals surface area contributed by atoms with Crippen LogP contribution in [0.2, 0.25) is 0 Å².